The van der Waals surface area contributed by atoms with Gasteiger partial charge in [0, 0.05) is 6.04 Å². The van der Waals surface area contributed by atoms with Crippen molar-refractivity contribution in [2.45, 2.75) is 32.4 Å². The van der Waals surface area contributed by atoms with E-state index in [-0.39, 0.29) is 0 Å². The lowest BCUT2D eigenvalue weighted by Gasteiger charge is -2.32. The fourth-order valence-corrected chi connectivity index (χ4v) is 2.11. The van der Waals surface area contributed by atoms with Crippen LogP contribution in [0.25, 0.3) is 0 Å². The zero-order valence-electron chi connectivity index (χ0n) is 9.15. The molecule has 0 aliphatic carbocycles. The predicted octanol–water partition coefficient (Wildman–Crippen LogP) is 0.643. The Bertz CT molecular complexity index is 269. The van der Waals surface area contributed by atoms with Crippen LogP contribution in [0.4, 0.5) is 0 Å². The average Bonchev–Trinajstić information content (AvgIpc) is 2.80. The largest absolute Gasteiger partial charge is 0.338 e. The van der Waals surface area contributed by atoms with Gasteiger partial charge in [-0.25, -0.2) is 0 Å². The smallest absolute Gasteiger partial charge is 0.240 e. The molecule has 0 atom stereocenters. The van der Waals surface area contributed by atoms with Gasteiger partial charge in [-0.3, -0.25) is 4.90 Å². The molecule has 0 bridgehead atoms. The van der Waals surface area contributed by atoms with Crippen molar-refractivity contribution in [3.63, 3.8) is 0 Å². The van der Waals surface area contributed by atoms with Gasteiger partial charge >= 0.3 is 0 Å². The fraction of sp³-hybridized carbons (Fsp3) is 0.800. The van der Waals surface area contributed by atoms with Crippen LogP contribution >= 0.6 is 0 Å². The third-order valence-corrected chi connectivity index (χ3v) is 2.98. The van der Waals surface area contributed by atoms with E-state index in [1.165, 1.54) is 19.2 Å². The number of hydrogen-bond donors (Lipinski definition) is 1. The first-order valence-electron chi connectivity index (χ1n) is 5.60. The zero-order chi connectivity index (χ0) is 10.5. The summed E-state index contributed by atoms with van der Waals surface area (Å²) in [5, 5.41) is 7.00. The Hall–Kier alpha value is -0.940. The number of hydrogen-bond acceptors (Lipinski definition) is 5. The molecule has 5 heteroatoms. The van der Waals surface area contributed by atoms with Crippen LogP contribution < -0.4 is 5.32 Å². The first-order chi connectivity index (χ1) is 7.40. The lowest BCUT2D eigenvalue weighted by atomic mass is 10.0. The van der Waals surface area contributed by atoms with Gasteiger partial charge in [-0.1, -0.05) is 12.1 Å². The third-order valence-electron chi connectivity index (χ3n) is 2.98. The van der Waals surface area contributed by atoms with E-state index >= 15 is 0 Å². The summed E-state index contributed by atoms with van der Waals surface area (Å²) in [6.07, 6.45) is 3.88. The third kappa shape index (κ3) is 2.76. The minimum absolute atomic E-state index is 0.656. The number of rotatable bonds is 4. The summed E-state index contributed by atoms with van der Waals surface area (Å²) in [5.74, 6) is 0.718. The van der Waals surface area contributed by atoms with Crippen molar-refractivity contribution in [1.29, 1.82) is 0 Å². The highest BCUT2D eigenvalue weighted by molar-refractivity contribution is 4.81. The molecule has 1 aromatic heterocycles. The van der Waals surface area contributed by atoms with Gasteiger partial charge in [-0.05, 0) is 32.5 Å². The Morgan fingerprint density at radius 3 is 2.93 bits per heavy atom. The highest BCUT2D eigenvalue weighted by atomic mass is 16.5. The van der Waals surface area contributed by atoms with Gasteiger partial charge in [-0.15, -0.1) is 0 Å². The van der Waals surface area contributed by atoms with E-state index in [1.54, 1.807) is 0 Å². The van der Waals surface area contributed by atoms with Gasteiger partial charge in [0.15, 0.2) is 6.33 Å². The van der Waals surface area contributed by atoms with E-state index in [4.69, 9.17) is 4.52 Å². The Kier molecular flexibility index (Phi) is 3.69. The van der Waals surface area contributed by atoms with Gasteiger partial charge < -0.3 is 9.84 Å². The molecular formula is C10H18N4O. The van der Waals surface area contributed by atoms with Crippen LogP contribution in [0.3, 0.4) is 0 Å². The number of nitrogens with zero attached hydrogens (tertiary/aromatic N) is 3. The second kappa shape index (κ2) is 5.23. The highest BCUT2D eigenvalue weighted by Gasteiger charge is 2.20. The van der Waals surface area contributed by atoms with Crippen LogP contribution in [0.5, 0.6) is 0 Å². The first-order valence-corrected chi connectivity index (χ1v) is 5.60. The molecule has 0 amide bonds. The van der Waals surface area contributed by atoms with Crippen molar-refractivity contribution in [2.24, 2.45) is 0 Å². The van der Waals surface area contributed by atoms with Crippen LogP contribution in [-0.4, -0.2) is 40.7 Å². The molecule has 15 heavy (non-hydrogen) atoms. The fourth-order valence-electron chi connectivity index (χ4n) is 2.11. The van der Waals surface area contributed by atoms with Gasteiger partial charge in [-0.2, -0.15) is 4.98 Å². The SMILES string of the molecule is CCN(Cc1ncno1)C1CCNCC1. The standard InChI is InChI=1S/C10H18N4O/c1-2-14(7-10-12-8-13-15-10)9-3-5-11-6-4-9/h8-9,11H,2-7H2,1H3. The van der Waals surface area contributed by atoms with Crippen molar-refractivity contribution in [1.82, 2.24) is 20.4 Å². The number of nitrogens with one attached hydrogen (secondary N) is 1. The predicted molar refractivity (Wildman–Crippen MR) is 56.3 cm³/mol. The summed E-state index contributed by atoms with van der Waals surface area (Å²) < 4.78 is 5.04. The zero-order valence-corrected chi connectivity index (χ0v) is 9.15. The molecule has 1 aliphatic rings. The molecule has 1 fully saturated rings. The van der Waals surface area contributed by atoms with E-state index in [1.807, 2.05) is 0 Å². The first kappa shape index (κ1) is 10.6. The van der Waals surface area contributed by atoms with Crippen LogP contribution in [-0.2, 0) is 6.54 Å². The lowest BCUT2D eigenvalue weighted by molar-refractivity contribution is 0.144. The van der Waals surface area contributed by atoms with E-state index in [2.05, 4.69) is 27.3 Å². The molecule has 0 spiro atoms. The van der Waals surface area contributed by atoms with Crippen LogP contribution in [0.1, 0.15) is 25.7 Å². The van der Waals surface area contributed by atoms with Crippen molar-refractivity contribution in [3.8, 4) is 0 Å². The number of aromatic nitrogens is 2. The Morgan fingerprint density at radius 1 is 1.53 bits per heavy atom. The highest BCUT2D eigenvalue weighted by Crippen LogP contribution is 2.13. The molecule has 2 heterocycles. The molecule has 0 unspecified atom stereocenters. The maximum Gasteiger partial charge on any atom is 0.240 e. The summed E-state index contributed by atoms with van der Waals surface area (Å²) >= 11 is 0. The normalized spacial score (nSPS) is 18.5. The minimum atomic E-state index is 0.656. The minimum Gasteiger partial charge on any atom is -0.338 e. The van der Waals surface area contributed by atoms with Crippen molar-refractivity contribution < 1.29 is 4.52 Å². The summed E-state index contributed by atoms with van der Waals surface area (Å²) in [6, 6.07) is 0.656. The van der Waals surface area contributed by atoms with Crippen molar-refractivity contribution >= 4 is 0 Å². The topological polar surface area (TPSA) is 54.2 Å². The molecule has 0 saturated carbocycles. The van der Waals surface area contributed by atoms with Crippen LogP contribution in [0.15, 0.2) is 10.9 Å². The summed E-state index contributed by atoms with van der Waals surface area (Å²) in [5.41, 5.74) is 0. The molecule has 1 aliphatic heterocycles. The average molecular weight is 210 g/mol. The quantitative estimate of drug-likeness (QED) is 0.790. The molecule has 1 aromatic rings. The van der Waals surface area contributed by atoms with Gasteiger partial charge in [0.2, 0.25) is 5.89 Å². The second-order valence-corrected chi connectivity index (χ2v) is 3.88. The maximum absolute atomic E-state index is 5.04. The van der Waals surface area contributed by atoms with Crippen molar-refractivity contribution in [3.05, 3.63) is 12.2 Å². The maximum atomic E-state index is 5.04. The van der Waals surface area contributed by atoms with E-state index in [0.29, 0.717) is 6.04 Å². The molecule has 1 N–H and O–H groups in total. The Labute approximate surface area is 89.8 Å². The molecule has 0 aromatic carbocycles. The summed E-state index contributed by atoms with van der Waals surface area (Å²) in [6.45, 7) is 6.22. The second-order valence-electron chi connectivity index (χ2n) is 3.88. The molecule has 84 valence electrons. The van der Waals surface area contributed by atoms with Crippen LogP contribution in [0, 0.1) is 0 Å². The summed E-state index contributed by atoms with van der Waals surface area (Å²) in [7, 11) is 0. The van der Waals surface area contributed by atoms with Gasteiger partial charge in [0.25, 0.3) is 0 Å². The van der Waals surface area contributed by atoms with Crippen molar-refractivity contribution in [2.75, 3.05) is 19.6 Å². The number of piperidine rings is 1. The Balaban J connectivity index is 1.91. The molecule has 0 radical (unpaired) electrons. The monoisotopic (exact) mass is 210 g/mol. The van der Waals surface area contributed by atoms with E-state index < -0.39 is 0 Å². The summed E-state index contributed by atoms with van der Waals surface area (Å²) in [4.78, 5) is 6.47. The van der Waals surface area contributed by atoms with E-state index in [9.17, 15) is 0 Å². The van der Waals surface area contributed by atoms with Gasteiger partial charge in [0.05, 0.1) is 6.54 Å². The van der Waals surface area contributed by atoms with E-state index in [0.717, 1.165) is 32.1 Å². The van der Waals surface area contributed by atoms with Crippen LogP contribution in [0.2, 0.25) is 0 Å². The van der Waals surface area contributed by atoms with Gasteiger partial charge in [0.1, 0.15) is 0 Å². The molecule has 5 nitrogen and oxygen atoms in total. The molecule has 1 saturated heterocycles. The molecular weight excluding hydrogens is 192 g/mol. The lowest BCUT2D eigenvalue weighted by Crippen LogP contribution is -2.42. The molecule has 2 rings (SSSR count). The Morgan fingerprint density at radius 2 is 2.33 bits per heavy atom.